The maximum Gasteiger partial charge on any atom is 0.320 e. The topological polar surface area (TPSA) is 127 Å². The van der Waals surface area contributed by atoms with E-state index in [0.29, 0.717) is 0 Å². The molecule has 6 nitrogen and oxygen atoms in total. The molecule has 0 rings (SSSR count). The Labute approximate surface area is 69.2 Å². The van der Waals surface area contributed by atoms with E-state index < -0.39 is 17.7 Å². The lowest BCUT2D eigenvalue weighted by molar-refractivity contribution is -0.139. The summed E-state index contributed by atoms with van der Waals surface area (Å²) in [5, 5.41) is 17.2. The molecule has 0 aromatic carbocycles. The molecule has 0 fully saturated rings. The number of carbonyl (C=O) groups is 2. The molecule has 0 radical (unpaired) electrons. The smallest absolute Gasteiger partial charge is 0.320 e. The number of aliphatic hydroxyl groups is 1. The average Bonchev–Trinajstić information content (AvgIpc) is 2.00. The van der Waals surface area contributed by atoms with Crippen molar-refractivity contribution >= 4 is 12.3 Å². The maximum atomic E-state index is 10.2. The molecule has 0 spiro atoms. The first-order valence-corrected chi connectivity index (χ1v) is 3.35. The maximum absolute atomic E-state index is 10.2. The van der Waals surface area contributed by atoms with Crippen LogP contribution in [-0.2, 0) is 9.59 Å². The van der Waals surface area contributed by atoms with Crippen LogP contribution in [0.4, 0.5) is 0 Å². The van der Waals surface area contributed by atoms with Gasteiger partial charge in [0.05, 0.1) is 0 Å². The van der Waals surface area contributed by atoms with Crippen molar-refractivity contribution in [2.24, 2.45) is 11.5 Å². The number of rotatable bonds is 5. The predicted octanol–water partition coefficient (Wildman–Crippen LogP) is -1.98. The third kappa shape index (κ3) is 4.02. The lowest BCUT2D eigenvalue weighted by Crippen LogP contribution is -2.43. The Morgan fingerprint density at radius 2 is 2.17 bits per heavy atom. The summed E-state index contributed by atoms with van der Waals surface area (Å²) >= 11 is 0. The summed E-state index contributed by atoms with van der Waals surface area (Å²) in [6, 6.07) is -1.10. The lowest BCUT2D eigenvalue weighted by atomic mass is 10.1. The Morgan fingerprint density at radius 1 is 1.67 bits per heavy atom. The molecule has 2 atom stereocenters. The fourth-order valence-corrected chi connectivity index (χ4v) is 0.569. The third-order valence-corrected chi connectivity index (χ3v) is 1.38. The molecule has 0 saturated heterocycles. The molecule has 0 heterocycles. The largest absolute Gasteiger partial charge is 0.480 e. The first-order chi connectivity index (χ1) is 5.39. The Hall–Kier alpha value is -0.980. The molecule has 1 unspecified atom stereocenters. The Balaban J connectivity index is 3.83. The van der Waals surface area contributed by atoms with Gasteiger partial charge in [-0.15, -0.1) is 0 Å². The number of hydrogen-bond donors (Lipinski definition) is 4. The molecule has 0 aliphatic carbocycles. The van der Waals surface area contributed by atoms with Crippen LogP contribution in [0.2, 0.25) is 0 Å². The van der Waals surface area contributed by atoms with Gasteiger partial charge in [0.25, 0.3) is 0 Å². The highest BCUT2D eigenvalue weighted by atomic mass is 16.4. The molecule has 0 bridgehead atoms. The van der Waals surface area contributed by atoms with E-state index in [2.05, 4.69) is 0 Å². The van der Waals surface area contributed by atoms with Gasteiger partial charge >= 0.3 is 5.97 Å². The van der Waals surface area contributed by atoms with Gasteiger partial charge in [-0.3, -0.25) is 15.3 Å². The highest BCUT2D eigenvalue weighted by molar-refractivity contribution is 5.73. The molecule has 0 aliphatic heterocycles. The molecule has 0 aliphatic rings. The van der Waals surface area contributed by atoms with Gasteiger partial charge in [0.1, 0.15) is 6.04 Å². The molecule has 6 N–H and O–H groups in total. The van der Waals surface area contributed by atoms with Crippen molar-refractivity contribution < 1.29 is 19.8 Å². The van der Waals surface area contributed by atoms with Gasteiger partial charge in [-0.1, -0.05) is 0 Å². The lowest BCUT2D eigenvalue weighted by Gasteiger charge is -2.16. The Bertz CT molecular complexity index is 180. The summed E-state index contributed by atoms with van der Waals surface area (Å²) in [6.07, 6.45) is -0.0490. The van der Waals surface area contributed by atoms with Crippen LogP contribution in [0, 0.1) is 0 Å². The summed E-state index contributed by atoms with van der Waals surface area (Å²) in [6.45, 7) is 0. The van der Waals surface area contributed by atoms with Crippen LogP contribution in [-0.4, -0.2) is 34.2 Å². The van der Waals surface area contributed by atoms with Crippen molar-refractivity contribution in [1.82, 2.24) is 0 Å². The van der Waals surface area contributed by atoms with Crippen molar-refractivity contribution in [3.05, 3.63) is 0 Å². The second-order valence-corrected chi connectivity index (χ2v) is 2.59. The molecular formula is C6H12N2O4. The predicted molar refractivity (Wildman–Crippen MR) is 40.0 cm³/mol. The van der Waals surface area contributed by atoms with Crippen molar-refractivity contribution in [2.75, 3.05) is 0 Å². The molecule has 0 aromatic heterocycles. The molecule has 0 aromatic rings. The van der Waals surface area contributed by atoms with Gasteiger partial charge in [-0.2, -0.15) is 0 Å². The summed E-state index contributed by atoms with van der Waals surface area (Å²) in [4.78, 5) is 20.2. The van der Waals surface area contributed by atoms with Crippen LogP contribution in [0.15, 0.2) is 0 Å². The average molecular weight is 176 g/mol. The van der Waals surface area contributed by atoms with Gasteiger partial charge in [-0.25, -0.2) is 0 Å². The van der Waals surface area contributed by atoms with Gasteiger partial charge in [0.2, 0.25) is 0 Å². The van der Waals surface area contributed by atoms with E-state index in [9.17, 15) is 9.59 Å². The van der Waals surface area contributed by atoms with E-state index in [4.69, 9.17) is 21.7 Å². The molecular weight excluding hydrogens is 164 g/mol. The molecule has 12 heavy (non-hydrogen) atoms. The van der Waals surface area contributed by atoms with Gasteiger partial charge < -0.3 is 15.9 Å². The van der Waals surface area contributed by atoms with Crippen LogP contribution < -0.4 is 11.5 Å². The minimum absolute atomic E-state index is 0.0406. The number of hydrogen-bond acceptors (Lipinski definition) is 5. The summed E-state index contributed by atoms with van der Waals surface area (Å²) in [5.41, 5.74) is 8.13. The molecule has 70 valence electrons. The highest BCUT2D eigenvalue weighted by Gasteiger charge is 2.22. The highest BCUT2D eigenvalue weighted by Crippen LogP contribution is 2.04. The van der Waals surface area contributed by atoms with Crippen molar-refractivity contribution in [1.29, 1.82) is 0 Å². The summed E-state index contributed by atoms with van der Waals surface area (Å²) in [5.74, 6) is -1.18. The Kier molecular flexibility index (Phi) is 3.81. The van der Waals surface area contributed by atoms with E-state index in [1.807, 2.05) is 0 Å². The van der Waals surface area contributed by atoms with E-state index in [1.54, 1.807) is 0 Å². The summed E-state index contributed by atoms with van der Waals surface area (Å²) < 4.78 is 0. The van der Waals surface area contributed by atoms with Crippen LogP contribution in [0.5, 0.6) is 0 Å². The Morgan fingerprint density at radius 3 is 2.50 bits per heavy atom. The minimum atomic E-state index is -1.97. The van der Waals surface area contributed by atoms with E-state index in [-0.39, 0.29) is 19.1 Å². The number of nitrogens with two attached hydrogens (primary N) is 2. The number of carboxylic acid groups (broad SMARTS) is 1. The zero-order valence-electron chi connectivity index (χ0n) is 6.43. The molecule has 0 saturated carbocycles. The minimum Gasteiger partial charge on any atom is -0.480 e. The number of aliphatic carboxylic acids is 1. The fourth-order valence-electron chi connectivity index (χ4n) is 0.569. The quantitative estimate of drug-likeness (QED) is 0.284. The van der Waals surface area contributed by atoms with Crippen molar-refractivity contribution in [2.45, 2.75) is 24.6 Å². The summed E-state index contributed by atoms with van der Waals surface area (Å²) in [7, 11) is 0. The standard InChI is InChI=1S/C6H12N2O4/c7-4(5(10)11)1-2-6(8,12)3-9/h3-4,12H,1-2,7-8H2,(H,10,11)/t4-,6?/m0/s1. The number of aldehydes is 1. The van der Waals surface area contributed by atoms with Crippen LogP contribution in [0.25, 0.3) is 0 Å². The van der Waals surface area contributed by atoms with Gasteiger partial charge in [0, 0.05) is 0 Å². The first kappa shape index (κ1) is 11.0. The van der Waals surface area contributed by atoms with Crippen LogP contribution >= 0.6 is 0 Å². The molecule has 0 amide bonds. The monoisotopic (exact) mass is 176 g/mol. The van der Waals surface area contributed by atoms with E-state index in [1.165, 1.54) is 0 Å². The van der Waals surface area contributed by atoms with E-state index >= 15 is 0 Å². The number of carboxylic acids is 1. The van der Waals surface area contributed by atoms with Gasteiger partial charge in [0.15, 0.2) is 12.0 Å². The van der Waals surface area contributed by atoms with Gasteiger partial charge in [-0.05, 0) is 12.8 Å². The number of carbonyl (C=O) groups excluding carboxylic acids is 1. The zero-order chi connectivity index (χ0) is 9.78. The normalized spacial score (nSPS) is 17.9. The van der Waals surface area contributed by atoms with Crippen LogP contribution in [0.3, 0.4) is 0 Å². The molecule has 6 heteroatoms. The zero-order valence-corrected chi connectivity index (χ0v) is 6.43. The first-order valence-electron chi connectivity index (χ1n) is 3.35. The van der Waals surface area contributed by atoms with Crippen molar-refractivity contribution in [3.63, 3.8) is 0 Å². The second-order valence-electron chi connectivity index (χ2n) is 2.59. The SMILES string of the molecule is N[C@@H](CCC(N)(O)C=O)C(=O)O. The van der Waals surface area contributed by atoms with Crippen molar-refractivity contribution in [3.8, 4) is 0 Å². The van der Waals surface area contributed by atoms with E-state index in [0.717, 1.165) is 0 Å². The fraction of sp³-hybridized carbons (Fsp3) is 0.667. The third-order valence-electron chi connectivity index (χ3n) is 1.38. The van der Waals surface area contributed by atoms with Crippen LogP contribution in [0.1, 0.15) is 12.8 Å². The second kappa shape index (κ2) is 4.15.